The van der Waals surface area contributed by atoms with Gasteiger partial charge in [0.25, 0.3) is 0 Å². The molecular formula is C23H25N3O2. The number of nitrogens with one attached hydrogen (secondary N) is 2. The van der Waals surface area contributed by atoms with Gasteiger partial charge in [-0.1, -0.05) is 36.4 Å². The number of H-pyrrole nitrogens is 1. The van der Waals surface area contributed by atoms with E-state index < -0.39 is 0 Å². The van der Waals surface area contributed by atoms with Crippen molar-refractivity contribution in [1.29, 1.82) is 0 Å². The van der Waals surface area contributed by atoms with Gasteiger partial charge in [0.05, 0.1) is 7.11 Å². The average Bonchev–Trinajstić information content (AvgIpc) is 3.18. The van der Waals surface area contributed by atoms with Crippen molar-refractivity contribution in [3.63, 3.8) is 0 Å². The summed E-state index contributed by atoms with van der Waals surface area (Å²) in [6, 6.07) is 16.3. The quantitative estimate of drug-likeness (QED) is 0.702. The Labute approximate surface area is 165 Å². The highest BCUT2D eigenvalue weighted by Gasteiger charge is 2.19. The highest BCUT2D eigenvalue weighted by molar-refractivity contribution is 5.93. The van der Waals surface area contributed by atoms with E-state index in [2.05, 4.69) is 40.8 Å². The van der Waals surface area contributed by atoms with Crippen LogP contribution in [0.15, 0.2) is 60.8 Å². The summed E-state index contributed by atoms with van der Waals surface area (Å²) in [5.41, 5.74) is 4.88. The lowest BCUT2D eigenvalue weighted by Crippen LogP contribution is -2.42. The molecule has 0 aliphatic carbocycles. The third kappa shape index (κ3) is 3.88. The molecule has 144 valence electrons. The maximum Gasteiger partial charge on any atom is 0.317 e. The lowest BCUT2D eigenvalue weighted by Gasteiger charge is -2.26. The topological polar surface area (TPSA) is 57.4 Å². The Morgan fingerprint density at radius 1 is 1.18 bits per heavy atom. The summed E-state index contributed by atoms with van der Waals surface area (Å²) < 4.78 is 5.17. The second-order valence-electron chi connectivity index (χ2n) is 7.00. The fraction of sp³-hybridized carbons (Fsp3) is 0.261. The first kappa shape index (κ1) is 18.2. The zero-order chi connectivity index (χ0) is 19.3. The minimum atomic E-state index is 0.00254. The van der Waals surface area contributed by atoms with Crippen molar-refractivity contribution in [2.45, 2.75) is 12.8 Å². The van der Waals surface area contributed by atoms with Gasteiger partial charge in [-0.15, -0.1) is 0 Å². The van der Waals surface area contributed by atoms with Gasteiger partial charge >= 0.3 is 6.03 Å². The second-order valence-corrected chi connectivity index (χ2v) is 7.00. The minimum absolute atomic E-state index is 0.00254. The van der Waals surface area contributed by atoms with E-state index in [0.29, 0.717) is 13.1 Å². The summed E-state index contributed by atoms with van der Waals surface area (Å²) in [5, 5.41) is 4.27. The first-order chi connectivity index (χ1) is 13.7. The van der Waals surface area contributed by atoms with Crippen LogP contribution in [0, 0.1) is 0 Å². The molecule has 1 aliphatic rings. The van der Waals surface area contributed by atoms with E-state index >= 15 is 0 Å². The van der Waals surface area contributed by atoms with Crippen LogP contribution in [-0.2, 0) is 6.42 Å². The van der Waals surface area contributed by atoms with E-state index in [1.165, 1.54) is 22.1 Å². The number of nitrogens with zero attached hydrogens (tertiary/aromatic N) is 1. The number of amides is 2. The lowest BCUT2D eigenvalue weighted by atomic mass is 9.99. The number of aromatic amines is 1. The number of urea groups is 1. The number of hydrogen-bond acceptors (Lipinski definition) is 2. The number of aromatic nitrogens is 1. The van der Waals surface area contributed by atoms with Gasteiger partial charge in [-0.05, 0) is 42.2 Å². The van der Waals surface area contributed by atoms with E-state index in [9.17, 15) is 4.79 Å². The SMILES string of the molecule is COc1ccc(CCNC(=O)N2CC=C(c3c[nH]c4ccccc34)CC2)cc1. The molecule has 0 fully saturated rings. The Morgan fingerprint density at radius 3 is 2.75 bits per heavy atom. The molecule has 5 heteroatoms. The number of methoxy groups -OCH3 is 1. The first-order valence-corrected chi connectivity index (χ1v) is 9.66. The molecule has 0 bridgehead atoms. The number of para-hydroxylation sites is 1. The Bertz CT molecular complexity index is 989. The summed E-state index contributed by atoms with van der Waals surface area (Å²) in [6.45, 7) is 2.00. The third-order valence-corrected chi connectivity index (χ3v) is 5.28. The molecule has 0 saturated carbocycles. The number of rotatable bonds is 5. The lowest BCUT2D eigenvalue weighted by molar-refractivity contribution is 0.203. The molecule has 4 rings (SSSR count). The predicted octanol–water partition coefficient (Wildman–Crippen LogP) is 4.22. The summed E-state index contributed by atoms with van der Waals surface area (Å²) in [6.07, 6.45) is 5.91. The summed E-state index contributed by atoms with van der Waals surface area (Å²) in [7, 11) is 1.66. The Morgan fingerprint density at radius 2 is 2.00 bits per heavy atom. The van der Waals surface area contributed by atoms with Crippen molar-refractivity contribution < 1.29 is 9.53 Å². The monoisotopic (exact) mass is 375 g/mol. The van der Waals surface area contributed by atoms with E-state index in [4.69, 9.17) is 4.74 Å². The molecule has 0 spiro atoms. The van der Waals surface area contributed by atoms with Crippen LogP contribution in [0.2, 0.25) is 0 Å². The van der Waals surface area contributed by atoms with Crippen LogP contribution < -0.4 is 10.1 Å². The number of carbonyl (C=O) groups is 1. The van der Waals surface area contributed by atoms with E-state index in [-0.39, 0.29) is 6.03 Å². The molecular weight excluding hydrogens is 350 g/mol. The maximum absolute atomic E-state index is 12.5. The van der Waals surface area contributed by atoms with Crippen LogP contribution in [0.3, 0.4) is 0 Å². The molecule has 1 aromatic heterocycles. The predicted molar refractivity (Wildman–Crippen MR) is 113 cm³/mol. The number of fused-ring (bicyclic) bond motifs is 1. The van der Waals surface area contributed by atoms with Crippen LogP contribution in [0.4, 0.5) is 4.79 Å². The first-order valence-electron chi connectivity index (χ1n) is 9.66. The normalized spacial score (nSPS) is 14.0. The van der Waals surface area contributed by atoms with Gasteiger partial charge < -0.3 is 19.9 Å². The van der Waals surface area contributed by atoms with Crippen molar-refractivity contribution in [1.82, 2.24) is 15.2 Å². The Balaban J connectivity index is 1.30. The molecule has 5 nitrogen and oxygen atoms in total. The summed E-state index contributed by atoms with van der Waals surface area (Å²) in [4.78, 5) is 17.6. The molecule has 0 saturated heterocycles. The van der Waals surface area contributed by atoms with Crippen molar-refractivity contribution in [2.75, 3.05) is 26.7 Å². The third-order valence-electron chi connectivity index (χ3n) is 5.28. The molecule has 2 amide bonds. The molecule has 2 aromatic carbocycles. The highest BCUT2D eigenvalue weighted by Crippen LogP contribution is 2.29. The van der Waals surface area contributed by atoms with Crippen molar-refractivity contribution in [3.8, 4) is 5.75 Å². The molecule has 0 radical (unpaired) electrons. The van der Waals surface area contributed by atoms with E-state index in [1.807, 2.05) is 35.2 Å². The molecule has 1 aliphatic heterocycles. The Kier molecular flexibility index (Phi) is 5.33. The van der Waals surface area contributed by atoms with Crippen LogP contribution in [0.1, 0.15) is 17.5 Å². The fourth-order valence-corrected chi connectivity index (χ4v) is 3.65. The number of carbonyl (C=O) groups excluding carboxylic acids is 1. The van der Waals surface area contributed by atoms with Crippen LogP contribution >= 0.6 is 0 Å². The van der Waals surface area contributed by atoms with E-state index in [1.54, 1.807) is 7.11 Å². The van der Waals surface area contributed by atoms with Gasteiger partial charge in [0.1, 0.15) is 5.75 Å². The molecule has 2 N–H and O–H groups in total. The maximum atomic E-state index is 12.5. The van der Waals surface area contributed by atoms with Gasteiger partial charge in [-0.3, -0.25) is 0 Å². The number of hydrogen-bond donors (Lipinski definition) is 2. The Hall–Kier alpha value is -3.21. The standard InChI is InChI=1S/C23H25N3O2/c1-28-19-8-6-17(7-9-19)10-13-24-23(27)26-14-11-18(12-15-26)21-16-25-22-5-3-2-4-20(21)22/h2-9,11,16,25H,10,12-15H2,1H3,(H,24,27). The minimum Gasteiger partial charge on any atom is -0.497 e. The molecule has 3 aromatic rings. The fourth-order valence-electron chi connectivity index (χ4n) is 3.65. The van der Waals surface area contributed by atoms with Gasteiger partial charge in [0.15, 0.2) is 0 Å². The average molecular weight is 375 g/mol. The van der Waals surface area contributed by atoms with Crippen molar-refractivity contribution in [2.24, 2.45) is 0 Å². The smallest absolute Gasteiger partial charge is 0.317 e. The van der Waals surface area contributed by atoms with Crippen LogP contribution in [-0.4, -0.2) is 42.7 Å². The van der Waals surface area contributed by atoms with Crippen LogP contribution in [0.25, 0.3) is 16.5 Å². The van der Waals surface area contributed by atoms with Gasteiger partial charge in [-0.2, -0.15) is 0 Å². The van der Waals surface area contributed by atoms with Gasteiger partial charge in [0.2, 0.25) is 0 Å². The van der Waals surface area contributed by atoms with E-state index in [0.717, 1.165) is 30.7 Å². The largest absolute Gasteiger partial charge is 0.497 e. The van der Waals surface area contributed by atoms with Gasteiger partial charge in [-0.25, -0.2) is 4.79 Å². The summed E-state index contributed by atoms with van der Waals surface area (Å²) >= 11 is 0. The number of ether oxygens (including phenoxy) is 1. The summed E-state index contributed by atoms with van der Waals surface area (Å²) in [5.74, 6) is 0.846. The van der Waals surface area contributed by atoms with Crippen molar-refractivity contribution >= 4 is 22.5 Å². The zero-order valence-corrected chi connectivity index (χ0v) is 16.1. The molecule has 0 unspecified atom stereocenters. The number of benzene rings is 2. The second kappa shape index (κ2) is 8.21. The van der Waals surface area contributed by atoms with Crippen LogP contribution in [0.5, 0.6) is 5.75 Å². The van der Waals surface area contributed by atoms with Gasteiger partial charge in [0, 0.05) is 42.3 Å². The molecule has 0 atom stereocenters. The van der Waals surface area contributed by atoms with Crippen molar-refractivity contribution in [3.05, 3.63) is 71.9 Å². The molecule has 28 heavy (non-hydrogen) atoms. The zero-order valence-electron chi connectivity index (χ0n) is 16.1. The molecule has 2 heterocycles. The highest BCUT2D eigenvalue weighted by atomic mass is 16.5.